The third-order valence-corrected chi connectivity index (χ3v) is 5.94. The molecule has 1 unspecified atom stereocenters. The Hall–Kier alpha value is -3.43. The fourth-order valence-corrected chi connectivity index (χ4v) is 4.34. The highest BCUT2D eigenvalue weighted by Crippen LogP contribution is 2.35. The number of anilines is 2. The summed E-state index contributed by atoms with van der Waals surface area (Å²) < 4.78 is 40.0. The molecule has 1 fully saturated rings. The van der Waals surface area contributed by atoms with Crippen LogP contribution in [0.25, 0.3) is 11.0 Å². The van der Waals surface area contributed by atoms with Gasteiger partial charge in [-0.2, -0.15) is 13.2 Å². The smallest absolute Gasteiger partial charge is 0.368 e. The first-order valence-electron chi connectivity index (χ1n) is 10.7. The number of carbonyl (C=O) groups excluding carboxylic acids is 1. The molecule has 2 atom stereocenters. The molecule has 4 rings (SSSR count). The maximum atomic E-state index is 13.3. The predicted molar refractivity (Wildman–Crippen MR) is 120 cm³/mol. The van der Waals surface area contributed by atoms with Gasteiger partial charge in [-0.3, -0.25) is 4.79 Å². The molecule has 1 amide bonds. The van der Waals surface area contributed by atoms with Crippen molar-refractivity contribution >= 4 is 28.4 Å². The fraction of sp³-hybridized carbons (Fsp3) is 0.391. The Morgan fingerprint density at radius 2 is 2.03 bits per heavy atom. The van der Waals surface area contributed by atoms with Crippen LogP contribution >= 0.6 is 0 Å². The van der Waals surface area contributed by atoms with E-state index in [0.717, 1.165) is 24.7 Å². The van der Waals surface area contributed by atoms with Gasteiger partial charge in [-0.05, 0) is 43.5 Å². The number of alkyl halides is 3. The lowest BCUT2D eigenvalue weighted by Gasteiger charge is -2.22. The van der Waals surface area contributed by atoms with Crippen molar-refractivity contribution in [2.24, 2.45) is 0 Å². The standard InChI is InChI=1S/C23H25F3N6O/c1-13-18(5-4-6-20(13)23(24,25)26)14(2)30-22-19-9-17(10-27-21(19)28-12-29-22)32-8-7-16(11-32)31-15(3)33/h4-6,9-10,12,14,16H,7-8,11H2,1-3H3,(H,31,33)(H,27,28,29,30)/t14?,16-/m1/s1. The average Bonchev–Trinajstić information content (AvgIpc) is 3.20. The zero-order valence-electron chi connectivity index (χ0n) is 18.6. The first-order valence-corrected chi connectivity index (χ1v) is 10.7. The number of aromatic nitrogens is 3. The molecular formula is C23H25F3N6O. The number of carbonyl (C=O) groups is 1. The Bertz CT molecular complexity index is 1180. The quantitative estimate of drug-likeness (QED) is 0.595. The van der Waals surface area contributed by atoms with Gasteiger partial charge in [-0.15, -0.1) is 0 Å². The number of halogens is 3. The van der Waals surface area contributed by atoms with Crippen LogP contribution in [-0.4, -0.2) is 40.0 Å². The molecule has 1 aliphatic rings. The third kappa shape index (κ3) is 4.84. The monoisotopic (exact) mass is 458 g/mol. The number of hydrogen-bond donors (Lipinski definition) is 2. The Morgan fingerprint density at radius 3 is 2.76 bits per heavy atom. The molecule has 1 aromatic carbocycles. The summed E-state index contributed by atoms with van der Waals surface area (Å²) in [4.78, 5) is 26.5. The van der Waals surface area contributed by atoms with E-state index in [2.05, 4.69) is 30.5 Å². The minimum absolute atomic E-state index is 0.0581. The third-order valence-electron chi connectivity index (χ3n) is 5.94. The number of nitrogens with one attached hydrogen (secondary N) is 2. The van der Waals surface area contributed by atoms with Gasteiger partial charge in [0.15, 0.2) is 5.65 Å². The Morgan fingerprint density at radius 1 is 1.24 bits per heavy atom. The van der Waals surface area contributed by atoms with Crippen LogP contribution in [0.2, 0.25) is 0 Å². The molecule has 0 spiro atoms. The molecule has 7 nitrogen and oxygen atoms in total. The van der Waals surface area contributed by atoms with Gasteiger partial charge in [0.25, 0.3) is 0 Å². The van der Waals surface area contributed by atoms with Crippen molar-refractivity contribution in [2.45, 2.75) is 45.5 Å². The molecule has 33 heavy (non-hydrogen) atoms. The second-order valence-corrected chi connectivity index (χ2v) is 8.30. The van der Waals surface area contributed by atoms with E-state index < -0.39 is 17.8 Å². The van der Waals surface area contributed by atoms with Crippen LogP contribution in [-0.2, 0) is 11.0 Å². The molecule has 2 N–H and O–H groups in total. The number of pyridine rings is 1. The number of nitrogens with zero attached hydrogens (tertiary/aromatic N) is 4. The number of amides is 1. The van der Waals surface area contributed by atoms with E-state index in [4.69, 9.17) is 0 Å². The highest BCUT2D eigenvalue weighted by molar-refractivity contribution is 5.89. The maximum Gasteiger partial charge on any atom is 0.416 e. The Balaban J connectivity index is 1.61. The summed E-state index contributed by atoms with van der Waals surface area (Å²) in [5.41, 5.74) is 1.44. The minimum atomic E-state index is -4.41. The van der Waals surface area contributed by atoms with Gasteiger partial charge in [-0.25, -0.2) is 15.0 Å². The second-order valence-electron chi connectivity index (χ2n) is 8.30. The molecule has 3 heterocycles. The van der Waals surface area contributed by atoms with E-state index in [0.29, 0.717) is 29.0 Å². The van der Waals surface area contributed by atoms with Crippen LogP contribution < -0.4 is 15.5 Å². The summed E-state index contributed by atoms with van der Waals surface area (Å²) in [6, 6.07) is 5.76. The molecule has 3 aromatic rings. The number of benzene rings is 1. The van der Waals surface area contributed by atoms with Crippen molar-refractivity contribution in [3.05, 3.63) is 53.5 Å². The summed E-state index contributed by atoms with van der Waals surface area (Å²) in [7, 11) is 0. The molecular weight excluding hydrogens is 433 g/mol. The van der Waals surface area contributed by atoms with E-state index >= 15 is 0 Å². The summed E-state index contributed by atoms with van der Waals surface area (Å²) in [5, 5.41) is 6.85. The topological polar surface area (TPSA) is 83.0 Å². The lowest BCUT2D eigenvalue weighted by molar-refractivity contribution is -0.138. The molecule has 0 radical (unpaired) electrons. The van der Waals surface area contributed by atoms with E-state index in [1.807, 2.05) is 6.07 Å². The summed E-state index contributed by atoms with van der Waals surface area (Å²) in [5.74, 6) is 0.438. The van der Waals surface area contributed by atoms with Crippen molar-refractivity contribution in [1.29, 1.82) is 0 Å². The summed E-state index contributed by atoms with van der Waals surface area (Å²) >= 11 is 0. The van der Waals surface area contributed by atoms with Crippen LogP contribution in [0.5, 0.6) is 0 Å². The predicted octanol–water partition coefficient (Wildman–Crippen LogP) is 4.24. The van der Waals surface area contributed by atoms with Gasteiger partial charge in [-0.1, -0.05) is 12.1 Å². The van der Waals surface area contributed by atoms with Crippen molar-refractivity contribution in [1.82, 2.24) is 20.3 Å². The van der Waals surface area contributed by atoms with Crippen molar-refractivity contribution in [2.75, 3.05) is 23.3 Å². The molecule has 1 aliphatic heterocycles. The van der Waals surface area contributed by atoms with Gasteiger partial charge in [0.1, 0.15) is 12.1 Å². The molecule has 2 aromatic heterocycles. The lowest BCUT2D eigenvalue weighted by atomic mass is 9.97. The molecule has 1 saturated heterocycles. The van der Waals surface area contributed by atoms with E-state index in [1.54, 1.807) is 19.2 Å². The average molecular weight is 458 g/mol. The Labute approximate surface area is 189 Å². The maximum absolute atomic E-state index is 13.3. The van der Waals surface area contributed by atoms with Crippen LogP contribution in [0.15, 0.2) is 36.8 Å². The molecule has 174 valence electrons. The summed E-state index contributed by atoms with van der Waals surface area (Å²) in [6.45, 7) is 6.22. The van der Waals surface area contributed by atoms with E-state index in [9.17, 15) is 18.0 Å². The largest absolute Gasteiger partial charge is 0.416 e. The van der Waals surface area contributed by atoms with Crippen molar-refractivity contribution < 1.29 is 18.0 Å². The number of hydrogen-bond acceptors (Lipinski definition) is 6. The van der Waals surface area contributed by atoms with Crippen LogP contribution in [0.4, 0.5) is 24.7 Å². The van der Waals surface area contributed by atoms with Crippen molar-refractivity contribution in [3.63, 3.8) is 0 Å². The highest BCUT2D eigenvalue weighted by atomic mass is 19.4. The number of fused-ring (bicyclic) bond motifs is 1. The lowest BCUT2D eigenvalue weighted by Crippen LogP contribution is -2.35. The number of rotatable bonds is 5. The zero-order valence-corrected chi connectivity index (χ0v) is 18.6. The van der Waals surface area contributed by atoms with E-state index in [1.165, 1.54) is 26.2 Å². The SMILES string of the molecule is CC(=O)N[C@@H]1CCN(c2cnc3ncnc(NC(C)c4cccc(C(F)(F)F)c4C)c3c2)C1. The van der Waals surface area contributed by atoms with Crippen LogP contribution in [0.3, 0.4) is 0 Å². The van der Waals surface area contributed by atoms with Gasteiger partial charge < -0.3 is 15.5 Å². The van der Waals surface area contributed by atoms with Gasteiger partial charge in [0.2, 0.25) is 5.91 Å². The van der Waals surface area contributed by atoms with Gasteiger partial charge >= 0.3 is 6.18 Å². The normalized spacial score (nSPS) is 17.3. The molecule has 0 saturated carbocycles. The highest BCUT2D eigenvalue weighted by Gasteiger charge is 2.33. The second kappa shape index (κ2) is 8.84. The first-order chi connectivity index (χ1) is 15.6. The van der Waals surface area contributed by atoms with Crippen LogP contribution in [0, 0.1) is 6.92 Å². The zero-order chi connectivity index (χ0) is 23.8. The van der Waals surface area contributed by atoms with Gasteiger partial charge in [0.05, 0.1) is 28.9 Å². The molecule has 0 aliphatic carbocycles. The summed E-state index contributed by atoms with van der Waals surface area (Å²) in [6.07, 6.45) is -0.466. The molecule has 0 bridgehead atoms. The van der Waals surface area contributed by atoms with E-state index in [-0.39, 0.29) is 17.5 Å². The van der Waals surface area contributed by atoms with Gasteiger partial charge in [0, 0.05) is 26.1 Å². The Kier molecular flexibility index (Phi) is 6.09. The minimum Gasteiger partial charge on any atom is -0.368 e. The van der Waals surface area contributed by atoms with Crippen molar-refractivity contribution in [3.8, 4) is 0 Å². The first kappa shape index (κ1) is 22.8. The fourth-order valence-electron chi connectivity index (χ4n) is 4.34. The molecule has 10 heteroatoms. The van der Waals surface area contributed by atoms with Crippen LogP contribution in [0.1, 0.15) is 43.0 Å².